The number of rotatable bonds is 6. The molecule has 0 fully saturated rings. The Hall–Kier alpha value is -2.38. The van der Waals surface area contributed by atoms with Gasteiger partial charge in [0.1, 0.15) is 12.4 Å². The van der Waals surface area contributed by atoms with E-state index < -0.39 is 0 Å². The van der Waals surface area contributed by atoms with Gasteiger partial charge in [-0.2, -0.15) is 5.10 Å². The first-order chi connectivity index (χ1) is 13.5. The van der Waals surface area contributed by atoms with E-state index in [4.69, 9.17) is 4.99 Å². The fraction of sp³-hybridized carbons (Fsp3) is 0.700. The van der Waals surface area contributed by atoms with E-state index in [1.54, 1.807) is 0 Å². The number of hydrogen-bond acceptors (Lipinski definition) is 4. The fourth-order valence-electron chi connectivity index (χ4n) is 3.84. The zero-order chi connectivity index (χ0) is 20.1. The number of aryl methyl sites for hydroxylation is 3. The zero-order valence-corrected chi connectivity index (χ0v) is 17.9. The van der Waals surface area contributed by atoms with Crippen LogP contribution in [0, 0.1) is 13.8 Å². The number of aliphatic imine (C=N–C) groups is 1. The average molecular weight is 387 g/mol. The highest BCUT2D eigenvalue weighted by Crippen LogP contribution is 2.15. The second-order valence-electron chi connectivity index (χ2n) is 7.71. The molecule has 8 heteroatoms. The van der Waals surface area contributed by atoms with Crippen LogP contribution in [0.3, 0.4) is 0 Å². The molecule has 0 spiro atoms. The molecular weight excluding hydrogens is 352 g/mol. The standard InChI is InChI=1S/C20H34N8/c1-6-21-20(23-14(2)12-17-15(3)26-27(5)16(17)4)22-13-19-25-24-18-10-8-7-9-11-28(18)19/h14H,6-13H2,1-5H3,(H2,21,22,23). The molecule has 28 heavy (non-hydrogen) atoms. The highest BCUT2D eigenvalue weighted by Gasteiger charge is 2.16. The molecule has 1 atom stereocenters. The van der Waals surface area contributed by atoms with E-state index in [1.807, 2.05) is 11.7 Å². The minimum absolute atomic E-state index is 0.245. The SMILES string of the molecule is CCNC(=NCc1nnc2n1CCCCC2)NC(C)Cc1c(C)nn(C)c1C. The number of hydrogen-bond donors (Lipinski definition) is 2. The predicted octanol–water partition coefficient (Wildman–Crippen LogP) is 2.04. The van der Waals surface area contributed by atoms with E-state index in [0.717, 1.165) is 49.2 Å². The first-order valence-corrected chi connectivity index (χ1v) is 10.4. The molecule has 0 radical (unpaired) electrons. The molecule has 0 aromatic carbocycles. The van der Waals surface area contributed by atoms with Crippen LogP contribution in [0.4, 0.5) is 0 Å². The van der Waals surface area contributed by atoms with Crippen LogP contribution >= 0.6 is 0 Å². The molecule has 0 bridgehead atoms. The van der Waals surface area contributed by atoms with Gasteiger partial charge in [0.25, 0.3) is 0 Å². The van der Waals surface area contributed by atoms with E-state index in [0.29, 0.717) is 6.54 Å². The lowest BCUT2D eigenvalue weighted by molar-refractivity contribution is 0.602. The number of fused-ring (bicyclic) bond motifs is 1. The second kappa shape index (κ2) is 9.21. The van der Waals surface area contributed by atoms with Gasteiger partial charge in [-0.25, -0.2) is 4.99 Å². The maximum absolute atomic E-state index is 4.78. The number of nitrogens with zero attached hydrogens (tertiary/aromatic N) is 6. The Kier molecular flexibility index (Phi) is 6.70. The van der Waals surface area contributed by atoms with Crippen molar-refractivity contribution >= 4 is 5.96 Å². The Balaban J connectivity index is 1.66. The summed E-state index contributed by atoms with van der Waals surface area (Å²) in [6.07, 6.45) is 5.60. The number of aromatic nitrogens is 5. The van der Waals surface area contributed by atoms with Crippen LogP contribution in [0.25, 0.3) is 0 Å². The van der Waals surface area contributed by atoms with E-state index in [2.05, 4.69) is 58.2 Å². The van der Waals surface area contributed by atoms with Gasteiger partial charge in [-0.15, -0.1) is 10.2 Å². The van der Waals surface area contributed by atoms with Gasteiger partial charge in [0, 0.05) is 38.3 Å². The molecule has 154 valence electrons. The Bertz CT molecular complexity index is 817. The molecule has 0 amide bonds. The number of guanidine groups is 1. The van der Waals surface area contributed by atoms with Crippen molar-refractivity contribution in [2.24, 2.45) is 12.0 Å². The van der Waals surface area contributed by atoms with Crippen molar-refractivity contribution < 1.29 is 0 Å². The average Bonchev–Trinajstić information content (AvgIpc) is 3.03. The van der Waals surface area contributed by atoms with Gasteiger partial charge in [0.15, 0.2) is 11.8 Å². The quantitative estimate of drug-likeness (QED) is 0.586. The predicted molar refractivity (Wildman–Crippen MR) is 111 cm³/mol. The summed E-state index contributed by atoms with van der Waals surface area (Å²) in [5, 5.41) is 20.2. The van der Waals surface area contributed by atoms with Crippen LogP contribution in [0.2, 0.25) is 0 Å². The van der Waals surface area contributed by atoms with Crippen LogP contribution in [-0.2, 0) is 33.0 Å². The monoisotopic (exact) mass is 386 g/mol. The third-order valence-electron chi connectivity index (χ3n) is 5.46. The Morgan fingerprint density at radius 3 is 2.75 bits per heavy atom. The Morgan fingerprint density at radius 1 is 1.21 bits per heavy atom. The summed E-state index contributed by atoms with van der Waals surface area (Å²) in [4.78, 5) is 4.78. The molecule has 2 N–H and O–H groups in total. The molecule has 2 aromatic heterocycles. The third kappa shape index (κ3) is 4.72. The Labute approximate surface area is 167 Å². The molecule has 0 aliphatic carbocycles. The highest BCUT2D eigenvalue weighted by atomic mass is 15.3. The lowest BCUT2D eigenvalue weighted by Gasteiger charge is -2.18. The molecule has 3 rings (SSSR count). The molecule has 2 aromatic rings. The second-order valence-corrected chi connectivity index (χ2v) is 7.71. The minimum atomic E-state index is 0.245. The van der Waals surface area contributed by atoms with Crippen molar-refractivity contribution in [3.63, 3.8) is 0 Å². The highest BCUT2D eigenvalue weighted by molar-refractivity contribution is 5.80. The van der Waals surface area contributed by atoms with Crippen molar-refractivity contribution in [3.05, 3.63) is 28.6 Å². The molecule has 3 heterocycles. The summed E-state index contributed by atoms with van der Waals surface area (Å²) in [6.45, 7) is 10.8. The van der Waals surface area contributed by atoms with Crippen LogP contribution in [0.15, 0.2) is 4.99 Å². The third-order valence-corrected chi connectivity index (χ3v) is 5.46. The van der Waals surface area contributed by atoms with Crippen molar-refractivity contribution in [1.29, 1.82) is 0 Å². The molecule has 8 nitrogen and oxygen atoms in total. The van der Waals surface area contributed by atoms with Crippen molar-refractivity contribution in [2.45, 2.75) is 78.9 Å². The summed E-state index contributed by atoms with van der Waals surface area (Å²) in [5.74, 6) is 2.89. The maximum Gasteiger partial charge on any atom is 0.191 e. The molecule has 1 aliphatic rings. The van der Waals surface area contributed by atoms with Gasteiger partial charge < -0.3 is 15.2 Å². The van der Waals surface area contributed by atoms with Crippen molar-refractivity contribution in [3.8, 4) is 0 Å². The first-order valence-electron chi connectivity index (χ1n) is 10.4. The van der Waals surface area contributed by atoms with Gasteiger partial charge in [0.2, 0.25) is 0 Å². The van der Waals surface area contributed by atoms with Crippen LogP contribution in [0.5, 0.6) is 0 Å². The molecular formula is C20H34N8. The smallest absolute Gasteiger partial charge is 0.191 e. The topological polar surface area (TPSA) is 84.9 Å². The van der Waals surface area contributed by atoms with Crippen LogP contribution < -0.4 is 10.6 Å². The Morgan fingerprint density at radius 2 is 2.04 bits per heavy atom. The summed E-state index contributed by atoms with van der Waals surface area (Å²) >= 11 is 0. The summed E-state index contributed by atoms with van der Waals surface area (Å²) in [5.41, 5.74) is 3.63. The minimum Gasteiger partial charge on any atom is -0.357 e. The van der Waals surface area contributed by atoms with Crippen molar-refractivity contribution in [2.75, 3.05) is 6.54 Å². The van der Waals surface area contributed by atoms with Gasteiger partial charge >= 0.3 is 0 Å². The summed E-state index contributed by atoms with van der Waals surface area (Å²) in [6, 6.07) is 0.245. The maximum atomic E-state index is 4.78. The van der Waals surface area contributed by atoms with E-state index in [1.165, 1.54) is 30.5 Å². The van der Waals surface area contributed by atoms with Gasteiger partial charge in [0.05, 0.1) is 5.69 Å². The summed E-state index contributed by atoms with van der Waals surface area (Å²) < 4.78 is 4.21. The van der Waals surface area contributed by atoms with Gasteiger partial charge in [-0.1, -0.05) is 6.42 Å². The van der Waals surface area contributed by atoms with Gasteiger partial charge in [-0.05, 0) is 52.5 Å². The normalized spacial score (nSPS) is 15.8. The molecule has 0 saturated carbocycles. The number of nitrogens with one attached hydrogen (secondary N) is 2. The zero-order valence-electron chi connectivity index (χ0n) is 17.9. The molecule has 0 saturated heterocycles. The van der Waals surface area contributed by atoms with E-state index in [9.17, 15) is 0 Å². The molecule has 1 unspecified atom stereocenters. The lowest BCUT2D eigenvalue weighted by atomic mass is 10.1. The fourth-order valence-corrected chi connectivity index (χ4v) is 3.84. The van der Waals surface area contributed by atoms with Crippen molar-refractivity contribution in [1.82, 2.24) is 35.2 Å². The largest absolute Gasteiger partial charge is 0.357 e. The van der Waals surface area contributed by atoms with Crippen LogP contribution in [0.1, 0.15) is 61.7 Å². The van der Waals surface area contributed by atoms with E-state index >= 15 is 0 Å². The first kappa shape index (κ1) is 20.4. The van der Waals surface area contributed by atoms with Gasteiger partial charge in [-0.3, -0.25) is 4.68 Å². The lowest BCUT2D eigenvalue weighted by Crippen LogP contribution is -2.43. The molecule has 1 aliphatic heterocycles. The summed E-state index contributed by atoms with van der Waals surface area (Å²) in [7, 11) is 2.00. The van der Waals surface area contributed by atoms with Crippen LogP contribution in [-0.4, -0.2) is 43.1 Å². The van der Waals surface area contributed by atoms with E-state index in [-0.39, 0.29) is 6.04 Å².